The molecule has 0 atom stereocenters. The molecule has 0 aromatic carbocycles. The van der Waals surface area contributed by atoms with Crippen LogP contribution < -0.4 is 5.32 Å². The summed E-state index contributed by atoms with van der Waals surface area (Å²) in [5.41, 5.74) is 3.54. The van der Waals surface area contributed by atoms with Crippen molar-refractivity contribution in [1.29, 1.82) is 0 Å². The number of carbonyl (C=O) groups excluding carboxylic acids is 1. The topological polar surface area (TPSA) is 64.7 Å². The van der Waals surface area contributed by atoms with Gasteiger partial charge in [0.1, 0.15) is 0 Å². The summed E-state index contributed by atoms with van der Waals surface area (Å²) >= 11 is 0. The third-order valence-electron chi connectivity index (χ3n) is 3.26. The van der Waals surface area contributed by atoms with Crippen molar-refractivity contribution in [2.75, 3.05) is 0 Å². The molecule has 0 saturated carbocycles. The normalized spacial score (nSPS) is 10.7. The van der Waals surface area contributed by atoms with Crippen LogP contribution >= 0.6 is 0 Å². The van der Waals surface area contributed by atoms with Crippen molar-refractivity contribution in [2.24, 2.45) is 14.1 Å². The van der Waals surface area contributed by atoms with Crippen LogP contribution in [0.4, 0.5) is 0 Å². The van der Waals surface area contributed by atoms with E-state index in [2.05, 4.69) is 15.5 Å². The van der Waals surface area contributed by atoms with Gasteiger partial charge >= 0.3 is 0 Å². The van der Waals surface area contributed by atoms with Crippen molar-refractivity contribution in [1.82, 2.24) is 24.9 Å². The number of rotatable bonds is 3. The molecule has 2 aromatic rings. The number of nitrogens with one attached hydrogen (secondary N) is 1. The first-order valence-corrected chi connectivity index (χ1v) is 5.75. The fourth-order valence-electron chi connectivity index (χ4n) is 1.71. The van der Waals surface area contributed by atoms with Crippen LogP contribution in [0.25, 0.3) is 0 Å². The Hall–Kier alpha value is -2.11. The highest BCUT2D eigenvalue weighted by Gasteiger charge is 2.13. The second kappa shape index (κ2) is 4.64. The third kappa shape index (κ3) is 2.13. The molecule has 0 saturated heterocycles. The number of aryl methyl sites for hydroxylation is 2. The van der Waals surface area contributed by atoms with Crippen LogP contribution in [0.15, 0.2) is 12.4 Å². The van der Waals surface area contributed by atoms with E-state index in [1.165, 1.54) is 0 Å². The first-order chi connectivity index (χ1) is 8.50. The average Bonchev–Trinajstić information content (AvgIpc) is 2.83. The maximum atomic E-state index is 12.0. The van der Waals surface area contributed by atoms with Gasteiger partial charge in [0.05, 0.1) is 18.0 Å². The fourth-order valence-corrected chi connectivity index (χ4v) is 1.71. The minimum atomic E-state index is -0.108. The molecule has 0 aliphatic heterocycles. The molecule has 18 heavy (non-hydrogen) atoms. The van der Waals surface area contributed by atoms with Gasteiger partial charge in [-0.05, 0) is 13.8 Å². The van der Waals surface area contributed by atoms with E-state index < -0.39 is 0 Å². The summed E-state index contributed by atoms with van der Waals surface area (Å²) < 4.78 is 3.47. The van der Waals surface area contributed by atoms with Crippen LogP contribution in [0.3, 0.4) is 0 Å². The third-order valence-corrected chi connectivity index (χ3v) is 3.26. The highest BCUT2D eigenvalue weighted by atomic mass is 16.1. The summed E-state index contributed by atoms with van der Waals surface area (Å²) in [6.07, 6.45) is 3.35. The second-order valence-corrected chi connectivity index (χ2v) is 4.33. The quantitative estimate of drug-likeness (QED) is 0.868. The highest BCUT2D eigenvalue weighted by Crippen LogP contribution is 2.08. The fraction of sp³-hybridized carbons (Fsp3) is 0.417. The van der Waals surface area contributed by atoms with Gasteiger partial charge < -0.3 is 5.32 Å². The van der Waals surface area contributed by atoms with Crippen molar-refractivity contribution < 1.29 is 4.79 Å². The summed E-state index contributed by atoms with van der Waals surface area (Å²) in [7, 11) is 3.70. The smallest absolute Gasteiger partial charge is 0.255 e. The Bertz CT molecular complexity index is 581. The predicted octanol–water partition coefficient (Wildman–Crippen LogP) is 0.700. The number of hydrogen-bond donors (Lipinski definition) is 1. The molecule has 6 heteroatoms. The Kier molecular flexibility index (Phi) is 3.18. The van der Waals surface area contributed by atoms with E-state index in [4.69, 9.17) is 0 Å². The first kappa shape index (κ1) is 12.3. The van der Waals surface area contributed by atoms with Gasteiger partial charge in [-0.25, -0.2) is 0 Å². The number of carbonyl (C=O) groups is 1. The van der Waals surface area contributed by atoms with E-state index in [1.807, 2.05) is 27.9 Å². The standard InChI is InChI=1S/C12H17N5O/c1-8-10(6-14-16(8)3)5-13-12(18)11-7-15-17(4)9(11)2/h6-7H,5H2,1-4H3,(H,13,18). The molecule has 6 nitrogen and oxygen atoms in total. The van der Waals surface area contributed by atoms with E-state index in [9.17, 15) is 4.79 Å². The minimum absolute atomic E-state index is 0.108. The molecule has 0 aliphatic rings. The Morgan fingerprint density at radius 1 is 1.17 bits per heavy atom. The molecule has 0 radical (unpaired) electrons. The lowest BCUT2D eigenvalue weighted by atomic mass is 10.2. The molecule has 0 unspecified atom stereocenters. The lowest BCUT2D eigenvalue weighted by Gasteiger charge is -2.04. The van der Waals surface area contributed by atoms with Gasteiger partial charge in [0, 0.05) is 37.6 Å². The molecule has 2 rings (SSSR count). The zero-order valence-electron chi connectivity index (χ0n) is 11.1. The molecule has 1 amide bonds. The molecule has 0 spiro atoms. The molecular weight excluding hydrogens is 230 g/mol. The van der Waals surface area contributed by atoms with Crippen LogP contribution in [-0.2, 0) is 20.6 Å². The monoisotopic (exact) mass is 247 g/mol. The van der Waals surface area contributed by atoms with Crippen LogP contribution in [-0.4, -0.2) is 25.5 Å². The zero-order valence-corrected chi connectivity index (χ0v) is 11.1. The lowest BCUT2D eigenvalue weighted by Crippen LogP contribution is -2.23. The van der Waals surface area contributed by atoms with Gasteiger partial charge in [-0.1, -0.05) is 0 Å². The molecule has 2 heterocycles. The van der Waals surface area contributed by atoms with Crippen molar-refractivity contribution in [2.45, 2.75) is 20.4 Å². The zero-order chi connectivity index (χ0) is 13.3. The molecule has 1 N–H and O–H groups in total. The molecular formula is C12H17N5O. The molecule has 0 bridgehead atoms. The summed E-state index contributed by atoms with van der Waals surface area (Å²) in [6.45, 7) is 4.33. The molecule has 0 aliphatic carbocycles. The van der Waals surface area contributed by atoms with Gasteiger partial charge in [0.15, 0.2) is 0 Å². The van der Waals surface area contributed by atoms with Gasteiger partial charge in [-0.2, -0.15) is 10.2 Å². The number of nitrogens with zero attached hydrogens (tertiary/aromatic N) is 4. The van der Waals surface area contributed by atoms with E-state index in [-0.39, 0.29) is 5.91 Å². The first-order valence-electron chi connectivity index (χ1n) is 5.75. The van der Waals surface area contributed by atoms with Gasteiger partial charge in [0.2, 0.25) is 0 Å². The largest absolute Gasteiger partial charge is 0.348 e. The van der Waals surface area contributed by atoms with Gasteiger partial charge in [0.25, 0.3) is 5.91 Å². The minimum Gasteiger partial charge on any atom is -0.348 e. The van der Waals surface area contributed by atoms with Crippen molar-refractivity contribution in [3.63, 3.8) is 0 Å². The van der Waals surface area contributed by atoms with Crippen molar-refractivity contribution in [3.8, 4) is 0 Å². The SMILES string of the molecule is Cc1c(CNC(=O)c2cnn(C)c2C)cnn1C. The van der Waals surface area contributed by atoms with Crippen LogP contribution in [0.2, 0.25) is 0 Å². The number of hydrogen-bond acceptors (Lipinski definition) is 3. The van der Waals surface area contributed by atoms with E-state index >= 15 is 0 Å². The second-order valence-electron chi connectivity index (χ2n) is 4.33. The Morgan fingerprint density at radius 3 is 2.28 bits per heavy atom. The van der Waals surface area contributed by atoms with E-state index in [0.29, 0.717) is 12.1 Å². The highest BCUT2D eigenvalue weighted by molar-refractivity contribution is 5.94. The Labute approximate surface area is 106 Å². The van der Waals surface area contributed by atoms with Crippen LogP contribution in [0, 0.1) is 13.8 Å². The maximum absolute atomic E-state index is 12.0. The van der Waals surface area contributed by atoms with Crippen molar-refractivity contribution >= 4 is 5.91 Å². The molecule has 2 aromatic heterocycles. The molecule has 0 fully saturated rings. The summed E-state index contributed by atoms with van der Waals surface area (Å²) in [5, 5.41) is 11.1. The molecule has 96 valence electrons. The summed E-state index contributed by atoms with van der Waals surface area (Å²) in [4.78, 5) is 12.0. The number of aromatic nitrogens is 4. The summed E-state index contributed by atoms with van der Waals surface area (Å²) in [6, 6.07) is 0. The Morgan fingerprint density at radius 2 is 1.78 bits per heavy atom. The number of amides is 1. The summed E-state index contributed by atoms with van der Waals surface area (Å²) in [5.74, 6) is -0.108. The van der Waals surface area contributed by atoms with Gasteiger partial charge in [-0.3, -0.25) is 14.2 Å². The lowest BCUT2D eigenvalue weighted by molar-refractivity contribution is 0.0950. The predicted molar refractivity (Wildman–Crippen MR) is 67.1 cm³/mol. The van der Waals surface area contributed by atoms with E-state index in [0.717, 1.165) is 17.0 Å². The van der Waals surface area contributed by atoms with Crippen LogP contribution in [0.5, 0.6) is 0 Å². The Balaban J connectivity index is 2.05. The van der Waals surface area contributed by atoms with Crippen molar-refractivity contribution in [3.05, 3.63) is 34.9 Å². The van der Waals surface area contributed by atoms with Crippen LogP contribution in [0.1, 0.15) is 27.3 Å². The average molecular weight is 247 g/mol. The van der Waals surface area contributed by atoms with Gasteiger partial charge in [-0.15, -0.1) is 0 Å². The maximum Gasteiger partial charge on any atom is 0.255 e. The van der Waals surface area contributed by atoms with E-state index in [1.54, 1.807) is 21.8 Å².